The predicted molar refractivity (Wildman–Crippen MR) is 87.3 cm³/mol. The summed E-state index contributed by atoms with van der Waals surface area (Å²) in [5.41, 5.74) is 1.34. The Hall–Kier alpha value is -1.02. The Morgan fingerprint density at radius 3 is 2.45 bits per heavy atom. The van der Waals surface area contributed by atoms with Crippen LogP contribution in [0.3, 0.4) is 0 Å². The fourth-order valence-electron chi connectivity index (χ4n) is 2.62. The van der Waals surface area contributed by atoms with Gasteiger partial charge in [-0.3, -0.25) is 0 Å². The standard InChI is InChI=1S/C18H31NO/c1-6-9-15(5)18(19-12-7-2)16-10-8-11-17(13-16)20-14(3)4/h8,10-11,13-15,18-19H,6-7,9,12H2,1-5H3. The Morgan fingerprint density at radius 1 is 1.10 bits per heavy atom. The molecule has 0 fully saturated rings. The maximum Gasteiger partial charge on any atom is 0.120 e. The third-order valence-corrected chi connectivity index (χ3v) is 3.52. The summed E-state index contributed by atoms with van der Waals surface area (Å²) in [7, 11) is 0. The van der Waals surface area contributed by atoms with Crippen molar-refractivity contribution >= 4 is 0 Å². The van der Waals surface area contributed by atoms with Gasteiger partial charge >= 0.3 is 0 Å². The van der Waals surface area contributed by atoms with Gasteiger partial charge in [0.25, 0.3) is 0 Å². The van der Waals surface area contributed by atoms with E-state index in [0.717, 1.165) is 18.7 Å². The van der Waals surface area contributed by atoms with Crippen molar-refractivity contribution in [2.45, 2.75) is 66.0 Å². The molecule has 1 aromatic carbocycles. The van der Waals surface area contributed by atoms with Gasteiger partial charge in [-0.1, -0.05) is 39.3 Å². The summed E-state index contributed by atoms with van der Waals surface area (Å²) in [6.45, 7) is 12.0. The molecule has 1 N–H and O–H groups in total. The van der Waals surface area contributed by atoms with Gasteiger partial charge in [0, 0.05) is 6.04 Å². The van der Waals surface area contributed by atoms with Crippen molar-refractivity contribution in [3.63, 3.8) is 0 Å². The highest BCUT2D eigenvalue weighted by Gasteiger charge is 2.18. The number of hydrogen-bond donors (Lipinski definition) is 1. The minimum atomic E-state index is 0.223. The van der Waals surface area contributed by atoms with Crippen LogP contribution in [-0.2, 0) is 0 Å². The van der Waals surface area contributed by atoms with E-state index in [9.17, 15) is 0 Å². The van der Waals surface area contributed by atoms with Crippen LogP contribution in [-0.4, -0.2) is 12.6 Å². The summed E-state index contributed by atoms with van der Waals surface area (Å²) in [5.74, 6) is 1.62. The van der Waals surface area contributed by atoms with Crippen LogP contribution in [0.25, 0.3) is 0 Å². The Morgan fingerprint density at radius 2 is 1.85 bits per heavy atom. The first-order chi connectivity index (χ1) is 9.58. The van der Waals surface area contributed by atoms with Gasteiger partial charge in [0.2, 0.25) is 0 Å². The zero-order valence-corrected chi connectivity index (χ0v) is 13.8. The second kappa shape index (κ2) is 9.02. The van der Waals surface area contributed by atoms with E-state index in [0.29, 0.717) is 12.0 Å². The Kier molecular flexibility index (Phi) is 7.68. The van der Waals surface area contributed by atoms with Crippen LogP contribution in [0.5, 0.6) is 5.75 Å². The average Bonchev–Trinajstić information content (AvgIpc) is 2.39. The Bertz CT molecular complexity index is 375. The number of benzene rings is 1. The van der Waals surface area contributed by atoms with E-state index >= 15 is 0 Å². The molecule has 114 valence electrons. The van der Waals surface area contributed by atoms with Crippen molar-refractivity contribution in [2.75, 3.05) is 6.54 Å². The first kappa shape index (κ1) is 17.0. The van der Waals surface area contributed by atoms with Crippen LogP contribution in [0.15, 0.2) is 24.3 Å². The number of rotatable bonds is 9. The molecule has 0 saturated carbocycles. The van der Waals surface area contributed by atoms with E-state index < -0.39 is 0 Å². The van der Waals surface area contributed by atoms with Crippen LogP contribution in [0.1, 0.15) is 65.5 Å². The molecule has 0 radical (unpaired) electrons. The zero-order valence-electron chi connectivity index (χ0n) is 13.8. The number of nitrogens with one attached hydrogen (secondary N) is 1. The topological polar surface area (TPSA) is 21.3 Å². The molecule has 20 heavy (non-hydrogen) atoms. The molecule has 2 nitrogen and oxygen atoms in total. The lowest BCUT2D eigenvalue weighted by Crippen LogP contribution is -2.27. The maximum atomic E-state index is 5.82. The molecule has 0 bridgehead atoms. The summed E-state index contributed by atoms with van der Waals surface area (Å²) in [6, 6.07) is 8.98. The lowest BCUT2D eigenvalue weighted by atomic mass is 9.91. The quantitative estimate of drug-likeness (QED) is 0.689. The summed E-state index contributed by atoms with van der Waals surface area (Å²) >= 11 is 0. The van der Waals surface area contributed by atoms with Gasteiger partial charge < -0.3 is 10.1 Å². The van der Waals surface area contributed by atoms with E-state index in [1.165, 1.54) is 18.4 Å². The summed E-state index contributed by atoms with van der Waals surface area (Å²) in [4.78, 5) is 0. The first-order valence-corrected chi connectivity index (χ1v) is 8.08. The van der Waals surface area contributed by atoms with E-state index in [2.05, 4.69) is 58.1 Å². The third-order valence-electron chi connectivity index (χ3n) is 3.52. The predicted octanol–water partition coefficient (Wildman–Crippen LogP) is 4.95. The van der Waals surface area contributed by atoms with Gasteiger partial charge in [-0.25, -0.2) is 0 Å². The number of hydrogen-bond acceptors (Lipinski definition) is 2. The highest BCUT2D eigenvalue weighted by Crippen LogP contribution is 2.28. The van der Waals surface area contributed by atoms with Crippen LogP contribution in [0.2, 0.25) is 0 Å². The van der Waals surface area contributed by atoms with Crippen LogP contribution < -0.4 is 10.1 Å². The van der Waals surface area contributed by atoms with Gasteiger partial charge in [0.05, 0.1) is 6.10 Å². The molecule has 1 rings (SSSR count). The number of ether oxygens (including phenoxy) is 1. The van der Waals surface area contributed by atoms with Gasteiger partial charge in [-0.15, -0.1) is 0 Å². The summed E-state index contributed by atoms with van der Waals surface area (Å²) in [5, 5.41) is 3.70. The highest BCUT2D eigenvalue weighted by atomic mass is 16.5. The average molecular weight is 277 g/mol. The molecule has 0 aliphatic heterocycles. The van der Waals surface area contributed by atoms with Crippen LogP contribution in [0.4, 0.5) is 0 Å². The van der Waals surface area contributed by atoms with E-state index in [1.54, 1.807) is 0 Å². The molecular weight excluding hydrogens is 246 g/mol. The lowest BCUT2D eigenvalue weighted by molar-refractivity contribution is 0.241. The van der Waals surface area contributed by atoms with Crippen molar-refractivity contribution in [3.05, 3.63) is 29.8 Å². The largest absolute Gasteiger partial charge is 0.491 e. The molecule has 0 saturated heterocycles. The molecule has 0 spiro atoms. The molecule has 2 heteroatoms. The van der Waals surface area contributed by atoms with Crippen molar-refractivity contribution < 1.29 is 4.74 Å². The second-order valence-corrected chi connectivity index (χ2v) is 5.94. The van der Waals surface area contributed by atoms with Crippen molar-refractivity contribution in [2.24, 2.45) is 5.92 Å². The zero-order chi connectivity index (χ0) is 15.0. The maximum absolute atomic E-state index is 5.82. The lowest BCUT2D eigenvalue weighted by Gasteiger charge is -2.26. The Labute approximate surface area is 124 Å². The SMILES string of the molecule is CCCNC(c1cccc(OC(C)C)c1)C(C)CCC. The molecule has 1 aromatic rings. The molecule has 0 aromatic heterocycles. The first-order valence-electron chi connectivity index (χ1n) is 8.08. The molecule has 2 unspecified atom stereocenters. The van der Waals surface area contributed by atoms with Gasteiger partial charge in [0.1, 0.15) is 5.75 Å². The minimum absolute atomic E-state index is 0.223. The van der Waals surface area contributed by atoms with E-state index in [-0.39, 0.29) is 6.10 Å². The smallest absolute Gasteiger partial charge is 0.120 e. The molecule has 0 heterocycles. The van der Waals surface area contributed by atoms with Crippen molar-refractivity contribution in [3.8, 4) is 5.75 Å². The normalized spacial score (nSPS) is 14.3. The summed E-state index contributed by atoms with van der Waals surface area (Å²) < 4.78 is 5.82. The van der Waals surface area contributed by atoms with Crippen molar-refractivity contribution in [1.82, 2.24) is 5.32 Å². The molecule has 0 amide bonds. The molecule has 0 aliphatic carbocycles. The molecule has 0 aliphatic rings. The van der Waals surface area contributed by atoms with E-state index in [4.69, 9.17) is 4.74 Å². The second-order valence-electron chi connectivity index (χ2n) is 5.94. The van der Waals surface area contributed by atoms with Gasteiger partial charge in [0.15, 0.2) is 0 Å². The fourth-order valence-corrected chi connectivity index (χ4v) is 2.62. The molecular formula is C18H31NO. The third kappa shape index (κ3) is 5.54. The highest BCUT2D eigenvalue weighted by molar-refractivity contribution is 5.31. The van der Waals surface area contributed by atoms with Gasteiger partial charge in [-0.05, 0) is 56.8 Å². The van der Waals surface area contributed by atoms with Gasteiger partial charge in [-0.2, -0.15) is 0 Å². The Balaban J connectivity index is 2.88. The van der Waals surface area contributed by atoms with Crippen LogP contribution >= 0.6 is 0 Å². The van der Waals surface area contributed by atoms with Crippen LogP contribution in [0, 0.1) is 5.92 Å². The monoisotopic (exact) mass is 277 g/mol. The van der Waals surface area contributed by atoms with E-state index in [1.807, 2.05) is 6.07 Å². The van der Waals surface area contributed by atoms with Crippen molar-refractivity contribution in [1.29, 1.82) is 0 Å². The summed E-state index contributed by atoms with van der Waals surface area (Å²) in [6.07, 6.45) is 3.86. The minimum Gasteiger partial charge on any atom is -0.491 e. The fraction of sp³-hybridized carbons (Fsp3) is 0.667. The molecule has 2 atom stereocenters.